The summed E-state index contributed by atoms with van der Waals surface area (Å²) in [5.74, 6) is -7.79. The molecular weight excluding hydrogens is 755 g/mol. The molecule has 3 rings (SSSR count). The molecule has 6 atom stereocenters. The quantitative estimate of drug-likeness (QED) is 0.0631. The number of H-pyrrole nitrogens is 1. The van der Waals surface area contributed by atoms with Crippen molar-refractivity contribution in [1.29, 1.82) is 0 Å². The summed E-state index contributed by atoms with van der Waals surface area (Å²) >= 11 is 7.97. The van der Waals surface area contributed by atoms with Crippen molar-refractivity contribution in [1.82, 2.24) is 31.6 Å². The molecule has 298 valence electrons. The van der Waals surface area contributed by atoms with Crippen LogP contribution in [0.15, 0.2) is 54.7 Å². The Balaban J connectivity index is 1.92. The number of carbonyl (C=O) groups is 7. The highest BCUT2D eigenvalue weighted by Crippen LogP contribution is 2.20. The molecule has 11 N–H and O–H groups in total. The highest BCUT2D eigenvalue weighted by molar-refractivity contribution is 7.80. The Kier molecular flexibility index (Phi) is 16.8. The lowest BCUT2D eigenvalue weighted by Gasteiger charge is -2.27. The molecule has 0 bridgehead atoms. The molecule has 0 radical (unpaired) electrons. The SMILES string of the molecule is CC(C)C[C@H](NC(=O)[C@H](Cc1c[nH]c2ccccc12)NC(=O)[C@@H](N)CS)C(=O)N[C@@H](Cc1ccc(O)cc1)C(=O)N[C@@H](CC(=O)O)C(=O)N[C@@H](CS)C(=O)O. The molecule has 19 heteroatoms. The first-order valence-electron chi connectivity index (χ1n) is 17.3. The van der Waals surface area contributed by atoms with Gasteiger partial charge in [-0.25, -0.2) is 4.79 Å². The molecule has 0 saturated heterocycles. The summed E-state index contributed by atoms with van der Waals surface area (Å²) < 4.78 is 0. The number of fused-ring (bicyclic) bond motifs is 1. The van der Waals surface area contributed by atoms with Crippen molar-refractivity contribution in [2.75, 3.05) is 11.5 Å². The zero-order valence-electron chi connectivity index (χ0n) is 30.2. The molecule has 0 aliphatic heterocycles. The lowest BCUT2D eigenvalue weighted by Crippen LogP contribution is -2.60. The topological polar surface area (TPSA) is 282 Å². The summed E-state index contributed by atoms with van der Waals surface area (Å²) in [6.45, 7) is 3.60. The van der Waals surface area contributed by atoms with Gasteiger partial charge in [0.05, 0.1) is 12.5 Å². The summed E-state index contributed by atoms with van der Waals surface area (Å²) in [7, 11) is 0. The van der Waals surface area contributed by atoms with E-state index in [2.05, 4.69) is 56.8 Å². The lowest BCUT2D eigenvalue weighted by molar-refractivity contribution is -0.143. The number of aromatic nitrogens is 1. The number of hydrogen-bond donors (Lipinski definition) is 12. The highest BCUT2D eigenvalue weighted by atomic mass is 32.1. The zero-order chi connectivity index (χ0) is 40.8. The maximum Gasteiger partial charge on any atom is 0.327 e. The summed E-state index contributed by atoms with van der Waals surface area (Å²) in [4.78, 5) is 93.9. The molecule has 1 heterocycles. The van der Waals surface area contributed by atoms with E-state index in [1.54, 1.807) is 20.0 Å². The second-order valence-corrected chi connectivity index (χ2v) is 14.0. The van der Waals surface area contributed by atoms with Gasteiger partial charge in [0.15, 0.2) is 0 Å². The Labute approximate surface area is 327 Å². The Morgan fingerprint density at radius 1 is 0.691 bits per heavy atom. The molecule has 5 amide bonds. The van der Waals surface area contributed by atoms with Crippen LogP contribution in [0.3, 0.4) is 0 Å². The Bertz CT molecular complexity index is 1840. The number of para-hydroxylation sites is 1. The Morgan fingerprint density at radius 3 is 1.80 bits per heavy atom. The maximum absolute atomic E-state index is 14.0. The minimum Gasteiger partial charge on any atom is -0.508 e. The van der Waals surface area contributed by atoms with Crippen LogP contribution in [0.4, 0.5) is 0 Å². The summed E-state index contributed by atoms with van der Waals surface area (Å²) in [5, 5.41) is 41.8. The van der Waals surface area contributed by atoms with Crippen molar-refractivity contribution in [2.45, 2.75) is 75.8 Å². The number of carbonyl (C=O) groups excluding carboxylic acids is 5. The molecule has 55 heavy (non-hydrogen) atoms. The molecule has 3 aromatic rings. The number of rotatable bonds is 21. The van der Waals surface area contributed by atoms with E-state index in [-0.39, 0.29) is 42.4 Å². The first kappa shape index (κ1) is 44.1. The largest absolute Gasteiger partial charge is 0.508 e. The van der Waals surface area contributed by atoms with E-state index in [4.69, 9.17) is 5.73 Å². The second-order valence-electron chi connectivity index (χ2n) is 13.3. The van der Waals surface area contributed by atoms with Gasteiger partial charge < -0.3 is 52.6 Å². The number of aliphatic carboxylic acids is 2. The maximum atomic E-state index is 14.0. The fraction of sp³-hybridized carbons (Fsp3) is 0.417. The van der Waals surface area contributed by atoms with Gasteiger partial charge in [-0.3, -0.25) is 28.8 Å². The van der Waals surface area contributed by atoms with Gasteiger partial charge in [0, 0.05) is 41.4 Å². The second kappa shape index (κ2) is 21.0. The summed E-state index contributed by atoms with van der Waals surface area (Å²) in [6.07, 6.45) is 0.670. The number of carboxylic acid groups (broad SMARTS) is 2. The number of thiol groups is 2. The number of phenols is 1. The molecule has 2 aromatic carbocycles. The number of nitrogens with two attached hydrogens (primary N) is 1. The molecule has 0 fully saturated rings. The molecule has 0 saturated carbocycles. The van der Waals surface area contributed by atoms with E-state index in [9.17, 15) is 48.9 Å². The lowest BCUT2D eigenvalue weighted by atomic mass is 9.99. The highest BCUT2D eigenvalue weighted by Gasteiger charge is 2.34. The van der Waals surface area contributed by atoms with Crippen molar-refractivity contribution in [2.24, 2.45) is 11.7 Å². The van der Waals surface area contributed by atoms with E-state index in [0.717, 1.165) is 10.9 Å². The first-order valence-corrected chi connectivity index (χ1v) is 18.6. The summed E-state index contributed by atoms with van der Waals surface area (Å²) in [6, 6.07) is 4.81. The van der Waals surface area contributed by atoms with E-state index in [1.165, 1.54) is 24.3 Å². The van der Waals surface area contributed by atoms with Crippen molar-refractivity contribution in [3.8, 4) is 5.75 Å². The Hall–Kier alpha value is -5.27. The van der Waals surface area contributed by atoms with Crippen LogP contribution in [-0.4, -0.2) is 110 Å². The predicted octanol–water partition coefficient (Wildman–Crippen LogP) is -0.125. The minimum atomic E-state index is -1.75. The molecule has 0 aliphatic carbocycles. The fourth-order valence-corrected chi connectivity index (χ4v) is 5.94. The third-order valence-electron chi connectivity index (χ3n) is 8.42. The van der Waals surface area contributed by atoms with E-state index < -0.39 is 84.1 Å². The van der Waals surface area contributed by atoms with Crippen molar-refractivity contribution in [3.05, 3.63) is 65.9 Å². The predicted molar refractivity (Wildman–Crippen MR) is 208 cm³/mol. The number of aromatic amines is 1. The zero-order valence-corrected chi connectivity index (χ0v) is 31.9. The average Bonchev–Trinajstić information content (AvgIpc) is 3.54. The van der Waals surface area contributed by atoms with Gasteiger partial charge in [-0.2, -0.15) is 25.3 Å². The van der Waals surface area contributed by atoms with Crippen LogP contribution in [0.2, 0.25) is 0 Å². The van der Waals surface area contributed by atoms with Crippen molar-refractivity contribution in [3.63, 3.8) is 0 Å². The van der Waals surface area contributed by atoms with Gasteiger partial charge >= 0.3 is 11.9 Å². The number of nitrogens with one attached hydrogen (secondary N) is 6. The van der Waals surface area contributed by atoms with Gasteiger partial charge in [0.25, 0.3) is 0 Å². The van der Waals surface area contributed by atoms with Crippen molar-refractivity contribution >= 4 is 77.6 Å². The fourth-order valence-electron chi connectivity index (χ4n) is 5.53. The van der Waals surface area contributed by atoms with E-state index in [0.29, 0.717) is 11.1 Å². The number of carboxylic acids is 2. The van der Waals surface area contributed by atoms with Crippen molar-refractivity contribution < 1.29 is 48.9 Å². The molecule has 17 nitrogen and oxygen atoms in total. The third kappa shape index (κ3) is 13.5. The smallest absolute Gasteiger partial charge is 0.327 e. The number of hydrogen-bond acceptors (Lipinski definition) is 11. The van der Waals surface area contributed by atoms with Gasteiger partial charge in [-0.1, -0.05) is 44.2 Å². The number of phenolic OH excluding ortho intramolecular Hbond substituents is 1. The standard InChI is InChI=1S/C36H47N7O10S2/c1-18(2)11-25(40-34(50)27(39-31(47)23(37)16-54)13-20-15-38-24-6-4-3-5-22(20)24)32(48)41-26(12-19-7-9-21(44)10-8-19)33(49)42-28(14-30(45)46)35(51)43-29(17-55)36(52)53/h3-10,15,18,23,25-29,38,44,54-55H,11-14,16-17,37H2,1-2H3,(H,39,47)(H,40,50)(H,41,48)(H,42,49)(H,43,51)(H,45,46)(H,52,53)/t23-,25-,26-,27-,28-,29-/m0/s1. The van der Waals surface area contributed by atoms with Crippen LogP contribution in [0.1, 0.15) is 37.8 Å². The third-order valence-corrected chi connectivity index (χ3v) is 9.18. The monoisotopic (exact) mass is 801 g/mol. The molecule has 0 aliphatic rings. The minimum absolute atomic E-state index is 0.000432. The van der Waals surface area contributed by atoms with Gasteiger partial charge in [-0.15, -0.1) is 0 Å². The van der Waals surface area contributed by atoms with Gasteiger partial charge in [-0.05, 0) is 41.7 Å². The van der Waals surface area contributed by atoms with Gasteiger partial charge in [0.2, 0.25) is 29.5 Å². The average molecular weight is 802 g/mol. The Morgan fingerprint density at radius 2 is 1.22 bits per heavy atom. The van der Waals surface area contributed by atoms with Crippen LogP contribution in [0.5, 0.6) is 5.75 Å². The number of benzene rings is 2. The first-order chi connectivity index (χ1) is 26.0. The van der Waals surface area contributed by atoms with E-state index in [1.807, 2.05) is 24.3 Å². The van der Waals surface area contributed by atoms with Crippen LogP contribution >= 0.6 is 25.3 Å². The number of amides is 5. The van der Waals surface area contributed by atoms with Crippen LogP contribution < -0.4 is 32.3 Å². The molecule has 0 unspecified atom stereocenters. The normalized spacial score (nSPS) is 14.4. The van der Waals surface area contributed by atoms with Crippen LogP contribution in [0.25, 0.3) is 10.9 Å². The summed E-state index contributed by atoms with van der Waals surface area (Å²) in [5.41, 5.74) is 7.85. The van der Waals surface area contributed by atoms with Gasteiger partial charge in [0.1, 0.15) is 36.0 Å². The number of aromatic hydroxyl groups is 1. The molecule has 1 aromatic heterocycles. The molecule has 0 spiro atoms. The van der Waals surface area contributed by atoms with E-state index >= 15 is 0 Å². The van der Waals surface area contributed by atoms with Crippen LogP contribution in [-0.2, 0) is 46.4 Å². The van der Waals surface area contributed by atoms with Crippen LogP contribution in [0, 0.1) is 5.92 Å². The molecular formula is C36H47N7O10S2.